The fourth-order valence-corrected chi connectivity index (χ4v) is 4.82. The quantitative estimate of drug-likeness (QED) is 0.513. The average Bonchev–Trinajstić information content (AvgIpc) is 1.75. The van der Waals surface area contributed by atoms with Crippen molar-refractivity contribution in [3.63, 3.8) is 0 Å². The van der Waals surface area contributed by atoms with Crippen LogP contribution >= 0.6 is 0 Å². The molecule has 4 aliphatic carbocycles. The van der Waals surface area contributed by atoms with Crippen LogP contribution in [0.2, 0.25) is 0 Å². The lowest BCUT2D eigenvalue weighted by molar-refractivity contribution is -0.0609. The highest BCUT2D eigenvalue weighted by molar-refractivity contribution is 5.10. The number of hydrogen-bond donors (Lipinski definition) is 0. The lowest BCUT2D eigenvalue weighted by Gasteiger charge is -2.60. The summed E-state index contributed by atoms with van der Waals surface area (Å²) in [6, 6.07) is 0. The van der Waals surface area contributed by atoms with Crippen LogP contribution < -0.4 is 0 Å². The first-order valence-corrected chi connectivity index (χ1v) is 5.42. The molecule has 1 radical (unpaired) electrons. The van der Waals surface area contributed by atoms with Gasteiger partial charge in [-0.25, -0.2) is 0 Å². The Kier molecular flexibility index (Phi) is 1.18. The zero-order valence-corrected chi connectivity index (χ0v) is 8.27. The molecular formula is C12H19. The Labute approximate surface area is 75.7 Å². The fourth-order valence-electron chi connectivity index (χ4n) is 4.82. The van der Waals surface area contributed by atoms with Gasteiger partial charge in [-0.2, -0.15) is 0 Å². The number of hydrogen-bond acceptors (Lipinski definition) is 0. The fraction of sp³-hybridized carbons (Fsp3) is 0.917. The van der Waals surface area contributed by atoms with Crippen molar-refractivity contribution in [3.05, 3.63) is 6.42 Å². The molecule has 0 aromatic rings. The van der Waals surface area contributed by atoms with Gasteiger partial charge in [0.2, 0.25) is 0 Å². The molecule has 0 atom stereocenters. The Morgan fingerprint density at radius 2 is 1.33 bits per heavy atom. The molecule has 4 rings (SSSR count). The van der Waals surface area contributed by atoms with Gasteiger partial charge in [0.25, 0.3) is 0 Å². The van der Waals surface area contributed by atoms with Crippen LogP contribution in [0.5, 0.6) is 0 Å². The zero-order chi connectivity index (χ0) is 8.40. The molecule has 0 heterocycles. The highest BCUT2D eigenvalue weighted by Crippen LogP contribution is 2.64. The molecule has 67 valence electrons. The maximum atomic E-state index is 2.67. The van der Waals surface area contributed by atoms with Crippen LogP contribution in [-0.2, 0) is 0 Å². The van der Waals surface area contributed by atoms with Crippen molar-refractivity contribution in [3.8, 4) is 0 Å². The molecule has 0 aromatic carbocycles. The highest BCUT2D eigenvalue weighted by atomic mass is 14.6. The second-order valence-electron chi connectivity index (χ2n) is 6.33. The van der Waals surface area contributed by atoms with E-state index in [-0.39, 0.29) is 0 Å². The molecule has 0 amide bonds. The molecule has 4 saturated carbocycles. The molecule has 0 aliphatic heterocycles. The predicted molar refractivity (Wildman–Crippen MR) is 50.6 cm³/mol. The summed E-state index contributed by atoms with van der Waals surface area (Å²) in [4.78, 5) is 0. The molecule has 0 spiro atoms. The smallest absolute Gasteiger partial charge is 0.0315 e. The molecule has 4 fully saturated rings. The summed E-state index contributed by atoms with van der Waals surface area (Å²) in [5.41, 5.74) is 1.46. The maximum absolute atomic E-state index is 2.67. The minimum atomic E-state index is 0.731. The van der Waals surface area contributed by atoms with Crippen LogP contribution in [0.1, 0.15) is 46.0 Å². The van der Waals surface area contributed by atoms with Gasteiger partial charge in [0, 0.05) is 0 Å². The van der Waals surface area contributed by atoms with E-state index in [1.165, 1.54) is 32.1 Å². The van der Waals surface area contributed by atoms with E-state index < -0.39 is 0 Å². The van der Waals surface area contributed by atoms with Crippen molar-refractivity contribution in [2.45, 2.75) is 46.0 Å². The van der Waals surface area contributed by atoms with Crippen LogP contribution in [0.4, 0.5) is 0 Å². The molecule has 0 unspecified atom stereocenters. The lowest BCUT2D eigenvalue weighted by Crippen LogP contribution is -2.49. The maximum Gasteiger partial charge on any atom is -0.0315 e. The van der Waals surface area contributed by atoms with Crippen LogP contribution in [0.25, 0.3) is 0 Å². The summed E-state index contributed by atoms with van der Waals surface area (Å²) in [6.07, 6.45) is 10.2. The summed E-state index contributed by atoms with van der Waals surface area (Å²) in [6.45, 7) is 5.05. The van der Waals surface area contributed by atoms with Crippen molar-refractivity contribution >= 4 is 0 Å². The van der Waals surface area contributed by atoms with Gasteiger partial charge in [0.1, 0.15) is 0 Å². The van der Waals surface area contributed by atoms with E-state index in [1.54, 1.807) is 0 Å². The Morgan fingerprint density at radius 1 is 0.917 bits per heavy atom. The predicted octanol–water partition coefficient (Wildman–Crippen LogP) is 3.43. The van der Waals surface area contributed by atoms with E-state index in [2.05, 4.69) is 20.3 Å². The van der Waals surface area contributed by atoms with Gasteiger partial charge < -0.3 is 0 Å². The average molecular weight is 163 g/mol. The standard InChI is InChI=1S/C12H19/c1-11-4-9-3-10(5-11)7-12(2,6-9)8-11/h3,9-10H,4-8H2,1-2H3. The van der Waals surface area contributed by atoms with E-state index in [0.29, 0.717) is 0 Å². The van der Waals surface area contributed by atoms with Crippen molar-refractivity contribution < 1.29 is 0 Å². The van der Waals surface area contributed by atoms with Crippen molar-refractivity contribution in [1.29, 1.82) is 0 Å². The minimum absolute atomic E-state index is 0.731. The van der Waals surface area contributed by atoms with Gasteiger partial charge in [-0.3, -0.25) is 0 Å². The van der Waals surface area contributed by atoms with E-state index >= 15 is 0 Å². The van der Waals surface area contributed by atoms with Crippen molar-refractivity contribution in [2.24, 2.45) is 22.7 Å². The van der Waals surface area contributed by atoms with Crippen LogP contribution in [-0.4, -0.2) is 0 Å². The van der Waals surface area contributed by atoms with E-state index in [4.69, 9.17) is 0 Å². The van der Waals surface area contributed by atoms with Gasteiger partial charge >= 0.3 is 0 Å². The summed E-state index contributed by atoms with van der Waals surface area (Å²) in [5, 5.41) is 0. The normalized spacial score (nSPS) is 62.5. The molecule has 0 N–H and O–H groups in total. The van der Waals surface area contributed by atoms with Crippen LogP contribution in [0.3, 0.4) is 0 Å². The topological polar surface area (TPSA) is 0 Å². The Balaban J connectivity index is 1.98. The van der Waals surface area contributed by atoms with Crippen molar-refractivity contribution in [1.82, 2.24) is 0 Å². The SMILES string of the molecule is CC12CC3[CH]C(C1)CC(C)(C3)C2. The minimum Gasteiger partial charge on any atom is -0.0596 e. The lowest BCUT2D eigenvalue weighted by atomic mass is 9.45. The van der Waals surface area contributed by atoms with Gasteiger partial charge in [-0.05, 0) is 61.2 Å². The van der Waals surface area contributed by atoms with E-state index in [1.807, 2.05) is 0 Å². The first-order chi connectivity index (χ1) is 5.57. The molecule has 0 aromatic heterocycles. The van der Waals surface area contributed by atoms with Crippen LogP contribution in [0.15, 0.2) is 0 Å². The van der Waals surface area contributed by atoms with Crippen molar-refractivity contribution in [2.75, 3.05) is 0 Å². The first kappa shape index (κ1) is 7.41. The summed E-state index contributed by atoms with van der Waals surface area (Å²) < 4.78 is 0. The Morgan fingerprint density at radius 3 is 1.67 bits per heavy atom. The molecule has 0 nitrogen and oxygen atoms in total. The third kappa shape index (κ3) is 0.900. The third-order valence-electron chi connectivity index (χ3n) is 4.42. The number of rotatable bonds is 0. The molecular weight excluding hydrogens is 144 g/mol. The largest absolute Gasteiger partial charge is 0.0596 e. The molecule has 0 saturated heterocycles. The van der Waals surface area contributed by atoms with E-state index in [9.17, 15) is 0 Å². The van der Waals surface area contributed by atoms with Gasteiger partial charge in [-0.1, -0.05) is 13.8 Å². The van der Waals surface area contributed by atoms with E-state index in [0.717, 1.165) is 22.7 Å². The molecule has 4 aliphatic rings. The Hall–Kier alpha value is 0. The second-order valence-corrected chi connectivity index (χ2v) is 6.33. The zero-order valence-electron chi connectivity index (χ0n) is 8.27. The van der Waals surface area contributed by atoms with Gasteiger partial charge in [0.15, 0.2) is 0 Å². The summed E-state index contributed by atoms with van der Waals surface area (Å²) in [7, 11) is 0. The highest BCUT2D eigenvalue weighted by Gasteiger charge is 2.53. The second kappa shape index (κ2) is 1.91. The molecule has 12 heavy (non-hydrogen) atoms. The molecule has 4 bridgehead atoms. The first-order valence-electron chi connectivity index (χ1n) is 5.42. The summed E-state index contributed by atoms with van der Waals surface area (Å²) >= 11 is 0. The third-order valence-corrected chi connectivity index (χ3v) is 4.42. The molecule has 0 heteroatoms. The Bertz CT molecular complexity index is 182. The monoisotopic (exact) mass is 163 g/mol. The van der Waals surface area contributed by atoms with Gasteiger partial charge in [-0.15, -0.1) is 0 Å². The summed E-state index contributed by atoms with van der Waals surface area (Å²) in [5.74, 6) is 1.97. The van der Waals surface area contributed by atoms with Gasteiger partial charge in [0.05, 0.1) is 0 Å². The van der Waals surface area contributed by atoms with Crippen LogP contribution in [0, 0.1) is 29.1 Å².